The summed E-state index contributed by atoms with van der Waals surface area (Å²) >= 11 is 0. The third-order valence-corrected chi connectivity index (χ3v) is 3.79. The van der Waals surface area contributed by atoms with Crippen LogP contribution in [0.25, 0.3) is 0 Å². The van der Waals surface area contributed by atoms with Gasteiger partial charge in [-0.1, -0.05) is 29.8 Å². The average Bonchev–Trinajstić information content (AvgIpc) is 2.32. The molecular weight excluding hydrogens is 224 g/mol. The van der Waals surface area contributed by atoms with Crippen molar-refractivity contribution in [2.24, 2.45) is 0 Å². The molecule has 2 unspecified atom stereocenters. The highest BCUT2D eigenvalue weighted by Crippen LogP contribution is 2.12. The summed E-state index contributed by atoms with van der Waals surface area (Å²) in [6, 6.07) is 8.84. The smallest absolute Gasteiger partial charge is 0.227 e. The van der Waals surface area contributed by atoms with E-state index >= 15 is 0 Å². The van der Waals surface area contributed by atoms with Gasteiger partial charge in [0.2, 0.25) is 5.91 Å². The molecule has 2 rings (SSSR count). The van der Waals surface area contributed by atoms with Gasteiger partial charge < -0.3 is 10.2 Å². The summed E-state index contributed by atoms with van der Waals surface area (Å²) in [5.41, 5.74) is 2.32. The Bertz CT molecular complexity index is 430. The summed E-state index contributed by atoms with van der Waals surface area (Å²) in [6.45, 7) is 8.02. The largest absolute Gasteiger partial charge is 0.337 e. The fraction of sp³-hybridized carbons (Fsp3) is 0.533. The molecule has 1 aromatic carbocycles. The van der Waals surface area contributed by atoms with Gasteiger partial charge in [0.25, 0.3) is 0 Å². The van der Waals surface area contributed by atoms with Crippen LogP contribution in [-0.2, 0) is 11.2 Å². The minimum absolute atomic E-state index is 0.237. The standard InChI is InChI=1S/C15H22N2O/c1-11-5-4-6-14(9-11)10-15(18)17-8-7-16-12(2)13(17)3/h4-6,9,12-13,16H,7-8,10H2,1-3H3. The van der Waals surface area contributed by atoms with E-state index in [0.29, 0.717) is 12.5 Å². The van der Waals surface area contributed by atoms with Crippen molar-refractivity contribution < 1.29 is 4.79 Å². The maximum atomic E-state index is 12.3. The van der Waals surface area contributed by atoms with Crippen LogP contribution in [0.3, 0.4) is 0 Å². The van der Waals surface area contributed by atoms with Crippen molar-refractivity contribution in [1.82, 2.24) is 10.2 Å². The van der Waals surface area contributed by atoms with Gasteiger partial charge in [-0.2, -0.15) is 0 Å². The predicted octanol–water partition coefficient (Wildman–Crippen LogP) is 1.75. The monoisotopic (exact) mass is 246 g/mol. The van der Waals surface area contributed by atoms with Gasteiger partial charge in [-0.3, -0.25) is 4.79 Å². The van der Waals surface area contributed by atoms with Crippen LogP contribution in [0.2, 0.25) is 0 Å². The van der Waals surface area contributed by atoms with Gasteiger partial charge >= 0.3 is 0 Å². The summed E-state index contributed by atoms with van der Waals surface area (Å²) in [5.74, 6) is 0.237. The van der Waals surface area contributed by atoms with E-state index in [2.05, 4.69) is 38.2 Å². The Kier molecular flexibility index (Phi) is 4.02. The van der Waals surface area contributed by atoms with Crippen molar-refractivity contribution in [3.05, 3.63) is 35.4 Å². The zero-order valence-corrected chi connectivity index (χ0v) is 11.4. The van der Waals surface area contributed by atoms with E-state index in [4.69, 9.17) is 0 Å². The average molecular weight is 246 g/mol. The minimum Gasteiger partial charge on any atom is -0.337 e. The van der Waals surface area contributed by atoms with Crippen LogP contribution in [-0.4, -0.2) is 36.0 Å². The van der Waals surface area contributed by atoms with Crippen LogP contribution in [0.15, 0.2) is 24.3 Å². The van der Waals surface area contributed by atoms with Crippen LogP contribution in [0.5, 0.6) is 0 Å². The lowest BCUT2D eigenvalue weighted by Gasteiger charge is -2.38. The predicted molar refractivity (Wildman–Crippen MR) is 73.5 cm³/mol. The van der Waals surface area contributed by atoms with Gasteiger partial charge in [0.05, 0.1) is 6.42 Å². The van der Waals surface area contributed by atoms with E-state index in [9.17, 15) is 4.79 Å². The molecule has 1 aliphatic heterocycles. The van der Waals surface area contributed by atoms with Crippen LogP contribution in [0.4, 0.5) is 0 Å². The number of rotatable bonds is 2. The van der Waals surface area contributed by atoms with Crippen molar-refractivity contribution >= 4 is 5.91 Å². The molecule has 0 radical (unpaired) electrons. The molecule has 3 heteroatoms. The third-order valence-electron chi connectivity index (χ3n) is 3.79. The molecule has 0 aromatic heterocycles. The SMILES string of the molecule is Cc1cccc(CC(=O)N2CCNC(C)C2C)c1. The number of piperazine rings is 1. The molecule has 2 atom stereocenters. The van der Waals surface area contributed by atoms with E-state index in [0.717, 1.165) is 18.7 Å². The maximum absolute atomic E-state index is 12.3. The van der Waals surface area contributed by atoms with Crippen molar-refractivity contribution in [1.29, 1.82) is 0 Å². The molecule has 0 spiro atoms. The third kappa shape index (κ3) is 2.91. The van der Waals surface area contributed by atoms with Crippen molar-refractivity contribution in [2.45, 2.75) is 39.3 Å². The second-order valence-electron chi connectivity index (χ2n) is 5.24. The molecule has 1 amide bonds. The zero-order valence-electron chi connectivity index (χ0n) is 11.4. The Labute approximate surface area is 109 Å². The fourth-order valence-corrected chi connectivity index (χ4v) is 2.51. The summed E-state index contributed by atoms with van der Waals surface area (Å²) < 4.78 is 0. The number of carbonyl (C=O) groups is 1. The van der Waals surface area contributed by atoms with E-state index < -0.39 is 0 Å². The molecule has 1 aliphatic rings. The molecule has 1 aromatic rings. The molecule has 0 aliphatic carbocycles. The summed E-state index contributed by atoms with van der Waals surface area (Å²) in [5, 5.41) is 3.40. The minimum atomic E-state index is 0.237. The second-order valence-corrected chi connectivity index (χ2v) is 5.24. The number of hydrogen-bond donors (Lipinski definition) is 1. The molecule has 1 saturated heterocycles. The molecule has 1 fully saturated rings. The fourth-order valence-electron chi connectivity index (χ4n) is 2.51. The highest BCUT2D eigenvalue weighted by molar-refractivity contribution is 5.79. The summed E-state index contributed by atoms with van der Waals surface area (Å²) in [7, 11) is 0. The number of nitrogens with zero attached hydrogens (tertiary/aromatic N) is 1. The zero-order chi connectivity index (χ0) is 13.1. The molecule has 0 bridgehead atoms. The number of benzene rings is 1. The topological polar surface area (TPSA) is 32.3 Å². The van der Waals surface area contributed by atoms with Gasteiger partial charge in [-0.05, 0) is 26.3 Å². The summed E-state index contributed by atoms with van der Waals surface area (Å²) in [6.07, 6.45) is 0.513. The number of hydrogen-bond acceptors (Lipinski definition) is 2. The van der Waals surface area contributed by atoms with Crippen LogP contribution in [0, 0.1) is 6.92 Å². The molecule has 98 valence electrons. The number of carbonyl (C=O) groups excluding carboxylic acids is 1. The van der Waals surface area contributed by atoms with Gasteiger partial charge in [-0.15, -0.1) is 0 Å². The Balaban J connectivity index is 2.03. The number of amides is 1. The van der Waals surface area contributed by atoms with Gasteiger partial charge in [0, 0.05) is 25.2 Å². The highest BCUT2D eigenvalue weighted by Gasteiger charge is 2.27. The Morgan fingerprint density at radius 2 is 2.22 bits per heavy atom. The lowest BCUT2D eigenvalue weighted by atomic mass is 10.0. The Morgan fingerprint density at radius 3 is 2.94 bits per heavy atom. The lowest BCUT2D eigenvalue weighted by molar-refractivity contribution is -0.134. The highest BCUT2D eigenvalue weighted by atomic mass is 16.2. The number of nitrogens with one attached hydrogen (secondary N) is 1. The normalized spacial score (nSPS) is 24.1. The first-order chi connectivity index (χ1) is 8.58. The van der Waals surface area contributed by atoms with E-state index in [1.54, 1.807) is 0 Å². The lowest BCUT2D eigenvalue weighted by Crippen LogP contribution is -2.57. The Morgan fingerprint density at radius 1 is 1.44 bits per heavy atom. The maximum Gasteiger partial charge on any atom is 0.227 e. The first-order valence-corrected chi connectivity index (χ1v) is 6.66. The number of aryl methyl sites for hydroxylation is 1. The summed E-state index contributed by atoms with van der Waals surface area (Å²) in [4.78, 5) is 14.3. The van der Waals surface area contributed by atoms with Crippen molar-refractivity contribution in [3.63, 3.8) is 0 Å². The Hall–Kier alpha value is -1.35. The van der Waals surface area contributed by atoms with Crippen molar-refractivity contribution in [2.75, 3.05) is 13.1 Å². The van der Waals surface area contributed by atoms with Crippen LogP contribution < -0.4 is 5.32 Å². The first kappa shape index (κ1) is 13.1. The second kappa shape index (κ2) is 5.53. The van der Waals surface area contributed by atoms with E-state index in [-0.39, 0.29) is 11.9 Å². The van der Waals surface area contributed by atoms with Gasteiger partial charge in [-0.25, -0.2) is 0 Å². The van der Waals surface area contributed by atoms with Crippen molar-refractivity contribution in [3.8, 4) is 0 Å². The molecule has 1 heterocycles. The molecule has 0 saturated carbocycles. The van der Waals surface area contributed by atoms with Crippen LogP contribution >= 0.6 is 0 Å². The molecule has 1 N–H and O–H groups in total. The quantitative estimate of drug-likeness (QED) is 0.862. The van der Waals surface area contributed by atoms with E-state index in [1.165, 1.54) is 5.56 Å². The van der Waals surface area contributed by atoms with Gasteiger partial charge in [0.1, 0.15) is 0 Å². The van der Waals surface area contributed by atoms with E-state index in [1.807, 2.05) is 17.0 Å². The molecule has 18 heavy (non-hydrogen) atoms. The molecular formula is C15H22N2O. The van der Waals surface area contributed by atoms with Gasteiger partial charge in [0.15, 0.2) is 0 Å². The van der Waals surface area contributed by atoms with Crippen LogP contribution in [0.1, 0.15) is 25.0 Å². The first-order valence-electron chi connectivity index (χ1n) is 6.66. The molecule has 3 nitrogen and oxygen atoms in total.